The van der Waals surface area contributed by atoms with Crippen LogP contribution in [0.5, 0.6) is 0 Å². The molecule has 0 saturated heterocycles. The number of esters is 1. The highest BCUT2D eigenvalue weighted by Crippen LogP contribution is 2.29. The summed E-state index contributed by atoms with van der Waals surface area (Å²) in [6.07, 6.45) is 3.23. The maximum absolute atomic E-state index is 12.1. The van der Waals surface area contributed by atoms with E-state index in [1.807, 2.05) is 14.0 Å². The zero-order chi connectivity index (χ0) is 13.3. The Kier molecular flexibility index (Phi) is 3.55. The van der Waals surface area contributed by atoms with Gasteiger partial charge in [-0.25, -0.2) is 4.79 Å². The van der Waals surface area contributed by atoms with E-state index < -0.39 is 0 Å². The molecule has 4 nitrogen and oxygen atoms in total. The van der Waals surface area contributed by atoms with Gasteiger partial charge in [-0.3, -0.25) is 4.79 Å². The van der Waals surface area contributed by atoms with E-state index in [0.29, 0.717) is 18.7 Å². The lowest BCUT2D eigenvalue weighted by Gasteiger charge is -2.07. The number of ether oxygens (including phenoxy) is 1. The van der Waals surface area contributed by atoms with Gasteiger partial charge < -0.3 is 9.30 Å². The number of ketones is 1. The summed E-state index contributed by atoms with van der Waals surface area (Å²) in [5, 5.41) is 0. The smallest absolute Gasteiger partial charge is 0.355 e. The third kappa shape index (κ3) is 1.96. The van der Waals surface area contributed by atoms with Gasteiger partial charge in [-0.1, -0.05) is 0 Å². The van der Waals surface area contributed by atoms with Crippen molar-refractivity contribution in [2.45, 2.75) is 39.5 Å². The Labute approximate surface area is 107 Å². The zero-order valence-corrected chi connectivity index (χ0v) is 11.2. The molecule has 1 heterocycles. The minimum Gasteiger partial charge on any atom is -0.461 e. The molecule has 18 heavy (non-hydrogen) atoms. The second-order valence-electron chi connectivity index (χ2n) is 4.70. The number of hydrogen-bond acceptors (Lipinski definition) is 3. The van der Waals surface area contributed by atoms with E-state index in [9.17, 15) is 9.59 Å². The molecule has 0 amide bonds. The Morgan fingerprint density at radius 2 is 2.00 bits per heavy atom. The molecule has 0 atom stereocenters. The SMILES string of the molecule is CCOC(=O)c1c2c(c(C)n1C)C(=O)CCCC2. The minimum absolute atomic E-state index is 0.158. The quantitative estimate of drug-likeness (QED) is 0.597. The Hall–Kier alpha value is -1.58. The number of nitrogens with zero attached hydrogens (tertiary/aromatic N) is 1. The molecule has 0 spiro atoms. The number of hydrogen-bond donors (Lipinski definition) is 0. The van der Waals surface area contributed by atoms with Crippen molar-refractivity contribution in [1.29, 1.82) is 0 Å². The minimum atomic E-state index is -0.320. The molecule has 1 aliphatic carbocycles. The lowest BCUT2D eigenvalue weighted by atomic mass is 10.0. The van der Waals surface area contributed by atoms with Gasteiger partial charge in [0.1, 0.15) is 5.69 Å². The van der Waals surface area contributed by atoms with E-state index >= 15 is 0 Å². The van der Waals surface area contributed by atoms with E-state index in [2.05, 4.69) is 0 Å². The van der Waals surface area contributed by atoms with E-state index in [-0.39, 0.29) is 11.8 Å². The van der Waals surface area contributed by atoms with Crippen LogP contribution in [0.2, 0.25) is 0 Å². The number of carbonyl (C=O) groups excluding carboxylic acids is 2. The second kappa shape index (κ2) is 4.96. The Balaban J connectivity index is 2.57. The van der Waals surface area contributed by atoms with Crippen LogP contribution < -0.4 is 0 Å². The summed E-state index contributed by atoms with van der Waals surface area (Å²) in [6, 6.07) is 0. The summed E-state index contributed by atoms with van der Waals surface area (Å²) in [7, 11) is 1.82. The fourth-order valence-corrected chi connectivity index (χ4v) is 2.66. The van der Waals surface area contributed by atoms with Crippen molar-refractivity contribution < 1.29 is 14.3 Å². The van der Waals surface area contributed by atoms with Crippen LogP contribution in [0.1, 0.15) is 58.3 Å². The van der Waals surface area contributed by atoms with Crippen LogP contribution in [-0.4, -0.2) is 22.9 Å². The molecule has 0 radical (unpaired) electrons. The predicted octanol–water partition coefficient (Wildman–Crippen LogP) is 2.42. The number of carbonyl (C=O) groups is 2. The van der Waals surface area contributed by atoms with Gasteiger partial charge in [0.25, 0.3) is 0 Å². The van der Waals surface area contributed by atoms with E-state index in [1.54, 1.807) is 11.5 Å². The van der Waals surface area contributed by atoms with Gasteiger partial charge in [0.2, 0.25) is 0 Å². The second-order valence-corrected chi connectivity index (χ2v) is 4.70. The molecule has 0 saturated carbocycles. The summed E-state index contributed by atoms with van der Waals surface area (Å²) in [6.45, 7) is 4.04. The molecule has 98 valence electrons. The highest BCUT2D eigenvalue weighted by molar-refractivity contribution is 6.03. The number of aromatic nitrogens is 1. The molecule has 1 aromatic rings. The van der Waals surface area contributed by atoms with Crippen LogP contribution in [0, 0.1) is 6.92 Å². The van der Waals surface area contributed by atoms with Gasteiger partial charge in [0.05, 0.1) is 6.61 Å². The molecule has 1 aliphatic rings. The monoisotopic (exact) mass is 249 g/mol. The number of fused-ring (bicyclic) bond motifs is 1. The highest BCUT2D eigenvalue weighted by atomic mass is 16.5. The molecule has 0 N–H and O–H groups in total. The van der Waals surface area contributed by atoms with E-state index in [0.717, 1.165) is 36.1 Å². The number of Topliss-reactive ketones (excluding diaryl/α,β-unsaturated/α-hetero) is 1. The molecule has 0 fully saturated rings. The summed E-state index contributed by atoms with van der Waals surface area (Å²) < 4.78 is 6.89. The summed E-state index contributed by atoms with van der Waals surface area (Å²) in [5.41, 5.74) is 3.06. The lowest BCUT2D eigenvalue weighted by Crippen LogP contribution is -2.12. The highest BCUT2D eigenvalue weighted by Gasteiger charge is 2.28. The van der Waals surface area contributed by atoms with E-state index in [4.69, 9.17) is 4.74 Å². The Morgan fingerprint density at radius 3 is 2.67 bits per heavy atom. The summed E-state index contributed by atoms with van der Waals surface area (Å²) in [4.78, 5) is 24.1. The molecule has 4 heteroatoms. The number of rotatable bonds is 2. The van der Waals surface area contributed by atoms with Crippen molar-refractivity contribution in [2.24, 2.45) is 7.05 Å². The predicted molar refractivity (Wildman–Crippen MR) is 68.0 cm³/mol. The van der Waals surface area contributed by atoms with Crippen molar-refractivity contribution in [1.82, 2.24) is 4.57 Å². The zero-order valence-electron chi connectivity index (χ0n) is 11.2. The fourth-order valence-electron chi connectivity index (χ4n) is 2.66. The van der Waals surface area contributed by atoms with Crippen LogP contribution in [0.4, 0.5) is 0 Å². The van der Waals surface area contributed by atoms with Gasteiger partial charge in [0.15, 0.2) is 5.78 Å². The first kappa shape index (κ1) is 12.9. The average Bonchev–Trinajstić information content (AvgIpc) is 2.47. The van der Waals surface area contributed by atoms with Gasteiger partial charge in [-0.15, -0.1) is 0 Å². The first-order chi connectivity index (χ1) is 8.57. The molecular formula is C14H19NO3. The van der Waals surface area contributed by atoms with Crippen LogP contribution >= 0.6 is 0 Å². The summed E-state index contributed by atoms with van der Waals surface area (Å²) in [5.74, 6) is -0.162. The maximum Gasteiger partial charge on any atom is 0.355 e. The van der Waals surface area contributed by atoms with Gasteiger partial charge >= 0.3 is 5.97 Å². The standard InChI is InChI=1S/C14H19NO3/c1-4-18-14(17)13-10-7-5-6-8-11(16)12(10)9(2)15(13)3/h4-8H2,1-3H3. The third-order valence-electron chi connectivity index (χ3n) is 3.62. The lowest BCUT2D eigenvalue weighted by molar-refractivity contribution is 0.0513. The van der Waals surface area contributed by atoms with Gasteiger partial charge in [-0.05, 0) is 38.7 Å². The Morgan fingerprint density at radius 1 is 1.33 bits per heavy atom. The first-order valence-corrected chi connectivity index (χ1v) is 6.46. The third-order valence-corrected chi connectivity index (χ3v) is 3.62. The molecule has 1 aromatic heterocycles. The molecule has 0 unspecified atom stereocenters. The fraction of sp³-hybridized carbons (Fsp3) is 0.571. The van der Waals surface area contributed by atoms with Gasteiger partial charge in [0, 0.05) is 24.7 Å². The van der Waals surface area contributed by atoms with Gasteiger partial charge in [-0.2, -0.15) is 0 Å². The topological polar surface area (TPSA) is 48.3 Å². The van der Waals surface area contributed by atoms with Crippen molar-refractivity contribution in [2.75, 3.05) is 6.61 Å². The molecule has 0 bridgehead atoms. The van der Waals surface area contributed by atoms with Crippen LogP contribution in [0.3, 0.4) is 0 Å². The molecule has 0 aliphatic heterocycles. The average molecular weight is 249 g/mol. The van der Waals surface area contributed by atoms with E-state index in [1.165, 1.54) is 0 Å². The normalized spacial score (nSPS) is 15.2. The molecular weight excluding hydrogens is 230 g/mol. The van der Waals surface area contributed by atoms with Crippen LogP contribution in [0.15, 0.2) is 0 Å². The first-order valence-electron chi connectivity index (χ1n) is 6.46. The van der Waals surface area contributed by atoms with Crippen LogP contribution in [0.25, 0.3) is 0 Å². The molecule has 2 rings (SSSR count). The maximum atomic E-state index is 12.1. The van der Waals surface area contributed by atoms with Crippen molar-refractivity contribution in [3.63, 3.8) is 0 Å². The molecule has 0 aromatic carbocycles. The van der Waals surface area contributed by atoms with Crippen molar-refractivity contribution >= 4 is 11.8 Å². The Bertz CT molecular complexity index is 500. The van der Waals surface area contributed by atoms with Crippen LogP contribution in [-0.2, 0) is 18.2 Å². The summed E-state index contributed by atoms with van der Waals surface area (Å²) >= 11 is 0. The largest absolute Gasteiger partial charge is 0.461 e. The van der Waals surface area contributed by atoms with Crippen molar-refractivity contribution in [3.8, 4) is 0 Å². The van der Waals surface area contributed by atoms with Crippen molar-refractivity contribution in [3.05, 3.63) is 22.5 Å².